The van der Waals surface area contributed by atoms with Gasteiger partial charge in [-0.05, 0) is 36.8 Å². The predicted octanol–water partition coefficient (Wildman–Crippen LogP) is 5.13. The number of amides is 1. The molecule has 2 aromatic carbocycles. The fourth-order valence-electron chi connectivity index (χ4n) is 3.44. The fourth-order valence-corrected chi connectivity index (χ4v) is 3.67. The average Bonchev–Trinajstić information content (AvgIpc) is 3.32. The maximum absolute atomic E-state index is 13.6. The Kier molecular flexibility index (Phi) is 6.60. The third-order valence-electron chi connectivity index (χ3n) is 5.09. The first-order chi connectivity index (χ1) is 16.2. The minimum absolute atomic E-state index is 0.108. The lowest BCUT2D eigenvalue weighted by Crippen LogP contribution is -2.35. The molecule has 0 bridgehead atoms. The largest absolute Gasteiger partial charge is 0.416 e. The monoisotopic (exact) mass is 486 g/mol. The number of aromatic nitrogens is 5. The van der Waals surface area contributed by atoms with Crippen molar-refractivity contribution in [2.45, 2.75) is 25.7 Å². The minimum Gasteiger partial charge on any atom is -0.324 e. The first-order valence-electron chi connectivity index (χ1n) is 10.1. The van der Waals surface area contributed by atoms with Gasteiger partial charge in [-0.2, -0.15) is 23.0 Å². The van der Waals surface area contributed by atoms with Crippen LogP contribution in [0.3, 0.4) is 0 Å². The van der Waals surface area contributed by atoms with Gasteiger partial charge in [-0.1, -0.05) is 41.9 Å². The van der Waals surface area contributed by atoms with Crippen molar-refractivity contribution in [3.63, 3.8) is 0 Å². The molecule has 0 spiro atoms. The van der Waals surface area contributed by atoms with E-state index >= 15 is 0 Å². The molecule has 0 saturated carbocycles. The Morgan fingerprint density at radius 1 is 1.06 bits per heavy atom. The van der Waals surface area contributed by atoms with E-state index in [0.717, 1.165) is 17.7 Å². The van der Waals surface area contributed by atoms with Gasteiger partial charge in [0.2, 0.25) is 0 Å². The zero-order chi connectivity index (χ0) is 24.3. The van der Waals surface area contributed by atoms with E-state index in [4.69, 9.17) is 11.6 Å². The smallest absolute Gasteiger partial charge is 0.324 e. The molecule has 0 saturated heterocycles. The van der Waals surface area contributed by atoms with Gasteiger partial charge < -0.3 is 4.90 Å². The van der Waals surface area contributed by atoms with Crippen LogP contribution in [0, 0.1) is 0 Å². The van der Waals surface area contributed by atoms with E-state index < -0.39 is 23.7 Å². The van der Waals surface area contributed by atoms with Gasteiger partial charge in [-0.3, -0.25) is 4.79 Å². The Bertz CT molecular complexity index is 1280. The molecule has 34 heavy (non-hydrogen) atoms. The van der Waals surface area contributed by atoms with Gasteiger partial charge in [0.1, 0.15) is 6.33 Å². The molecule has 174 valence electrons. The zero-order valence-corrected chi connectivity index (χ0v) is 18.6. The van der Waals surface area contributed by atoms with E-state index in [1.54, 1.807) is 13.0 Å². The molecule has 1 unspecified atom stereocenters. The molecule has 0 radical (unpaired) electrons. The zero-order valence-electron chi connectivity index (χ0n) is 17.8. The summed E-state index contributed by atoms with van der Waals surface area (Å²) >= 11 is 5.94. The van der Waals surface area contributed by atoms with Crippen LogP contribution in [0.1, 0.15) is 40.3 Å². The van der Waals surface area contributed by atoms with Crippen LogP contribution in [0.15, 0.2) is 73.3 Å². The van der Waals surface area contributed by atoms with E-state index in [9.17, 15) is 18.0 Å². The van der Waals surface area contributed by atoms with Crippen LogP contribution < -0.4 is 0 Å². The summed E-state index contributed by atoms with van der Waals surface area (Å²) in [7, 11) is 0. The van der Waals surface area contributed by atoms with Crippen molar-refractivity contribution in [2.24, 2.45) is 0 Å². The molecule has 0 N–H and O–H groups in total. The molecule has 4 aromatic rings. The number of carbonyl (C=O) groups excluding carboxylic acids is 1. The molecule has 4 rings (SSSR count). The van der Waals surface area contributed by atoms with Gasteiger partial charge in [-0.25, -0.2) is 15.0 Å². The van der Waals surface area contributed by atoms with Gasteiger partial charge >= 0.3 is 6.18 Å². The van der Waals surface area contributed by atoms with Gasteiger partial charge in [-0.15, -0.1) is 0 Å². The quantitative estimate of drug-likeness (QED) is 0.377. The molecule has 0 fully saturated rings. The Morgan fingerprint density at radius 3 is 2.44 bits per heavy atom. The van der Waals surface area contributed by atoms with E-state index in [2.05, 4.69) is 20.1 Å². The first-order valence-corrected chi connectivity index (χ1v) is 10.5. The highest BCUT2D eigenvalue weighted by atomic mass is 35.5. The summed E-state index contributed by atoms with van der Waals surface area (Å²) < 4.78 is 41.5. The van der Waals surface area contributed by atoms with Crippen LogP contribution in [-0.4, -0.2) is 35.5 Å². The predicted molar refractivity (Wildman–Crippen MR) is 118 cm³/mol. The van der Waals surface area contributed by atoms with Crippen molar-refractivity contribution < 1.29 is 18.0 Å². The summed E-state index contributed by atoms with van der Waals surface area (Å²) in [6.45, 7) is 1.82. The summed E-state index contributed by atoms with van der Waals surface area (Å²) in [5.41, 5.74) is -0.413. The molecular weight excluding hydrogens is 469 g/mol. The number of alkyl halides is 3. The second-order valence-corrected chi connectivity index (χ2v) is 7.84. The standard InChI is InChI=1S/C23H18ClF3N6O/c1-15(20-30-14-31-33(20)22-28-8-5-9-29-22)32(13-16-6-3-2-4-7-16)21(34)17-10-18(23(25,26)27)12-19(24)11-17/h2-12,14-15H,13H2,1H3. The number of benzene rings is 2. The van der Waals surface area contributed by atoms with Gasteiger partial charge in [0.15, 0.2) is 5.82 Å². The van der Waals surface area contributed by atoms with Crippen molar-refractivity contribution in [3.8, 4) is 5.95 Å². The third kappa shape index (κ3) is 5.07. The Morgan fingerprint density at radius 2 is 1.76 bits per heavy atom. The van der Waals surface area contributed by atoms with E-state index in [1.165, 1.54) is 34.4 Å². The van der Waals surface area contributed by atoms with Crippen LogP contribution in [-0.2, 0) is 12.7 Å². The number of nitrogens with zero attached hydrogens (tertiary/aromatic N) is 6. The Balaban J connectivity index is 1.76. The molecule has 2 aromatic heterocycles. The number of hydrogen-bond donors (Lipinski definition) is 0. The molecule has 0 aliphatic heterocycles. The summed E-state index contributed by atoms with van der Waals surface area (Å²) in [6.07, 6.45) is -0.277. The summed E-state index contributed by atoms with van der Waals surface area (Å²) in [4.78, 5) is 27.6. The Labute approximate surface area is 197 Å². The van der Waals surface area contributed by atoms with Crippen LogP contribution in [0.4, 0.5) is 13.2 Å². The molecule has 1 amide bonds. The van der Waals surface area contributed by atoms with Crippen molar-refractivity contribution >= 4 is 17.5 Å². The van der Waals surface area contributed by atoms with Crippen molar-refractivity contribution in [1.29, 1.82) is 0 Å². The van der Waals surface area contributed by atoms with E-state index in [-0.39, 0.29) is 23.1 Å². The molecule has 1 atom stereocenters. The highest BCUT2D eigenvalue weighted by Crippen LogP contribution is 2.33. The molecule has 7 nitrogen and oxygen atoms in total. The van der Waals surface area contributed by atoms with Crippen molar-refractivity contribution in [3.05, 3.63) is 101 Å². The lowest BCUT2D eigenvalue weighted by molar-refractivity contribution is -0.137. The lowest BCUT2D eigenvalue weighted by atomic mass is 10.1. The van der Waals surface area contributed by atoms with Gasteiger partial charge in [0.05, 0.1) is 11.6 Å². The maximum Gasteiger partial charge on any atom is 0.416 e. The molecule has 0 aliphatic carbocycles. The van der Waals surface area contributed by atoms with Crippen LogP contribution >= 0.6 is 11.6 Å². The molecule has 11 heteroatoms. The summed E-state index contributed by atoms with van der Waals surface area (Å²) in [6, 6.07) is 12.8. The second-order valence-electron chi connectivity index (χ2n) is 7.40. The SMILES string of the molecule is CC(c1ncnn1-c1ncccn1)N(Cc1ccccc1)C(=O)c1cc(Cl)cc(C(F)(F)F)c1. The van der Waals surface area contributed by atoms with Crippen LogP contribution in [0.5, 0.6) is 0 Å². The summed E-state index contributed by atoms with van der Waals surface area (Å²) in [5.74, 6) is -0.0579. The maximum atomic E-state index is 13.6. The highest BCUT2D eigenvalue weighted by Gasteiger charge is 2.33. The van der Waals surface area contributed by atoms with Gasteiger partial charge in [0, 0.05) is 29.5 Å². The molecule has 2 heterocycles. The van der Waals surface area contributed by atoms with Crippen molar-refractivity contribution in [2.75, 3.05) is 0 Å². The average molecular weight is 487 g/mol. The normalized spacial score (nSPS) is 12.4. The lowest BCUT2D eigenvalue weighted by Gasteiger charge is -2.29. The molecular formula is C23H18ClF3N6O. The molecule has 0 aliphatic rings. The fraction of sp³-hybridized carbons (Fsp3) is 0.174. The van der Waals surface area contributed by atoms with Crippen LogP contribution in [0.25, 0.3) is 5.95 Å². The number of carbonyl (C=O) groups is 1. The number of hydrogen-bond acceptors (Lipinski definition) is 5. The number of halogens is 4. The van der Waals surface area contributed by atoms with E-state index in [1.807, 2.05) is 30.3 Å². The van der Waals surface area contributed by atoms with Crippen LogP contribution in [0.2, 0.25) is 5.02 Å². The number of rotatable bonds is 6. The second kappa shape index (κ2) is 9.60. The van der Waals surface area contributed by atoms with Gasteiger partial charge in [0.25, 0.3) is 11.9 Å². The third-order valence-corrected chi connectivity index (χ3v) is 5.30. The van der Waals surface area contributed by atoms with Crippen molar-refractivity contribution in [1.82, 2.24) is 29.6 Å². The first kappa shape index (κ1) is 23.4. The highest BCUT2D eigenvalue weighted by molar-refractivity contribution is 6.31. The van der Waals surface area contributed by atoms with E-state index in [0.29, 0.717) is 5.82 Å². The topological polar surface area (TPSA) is 76.8 Å². The Hall–Kier alpha value is -3.79. The summed E-state index contributed by atoms with van der Waals surface area (Å²) in [5, 5.41) is 3.97. The minimum atomic E-state index is -4.65.